The molecule has 0 saturated heterocycles. The molecule has 0 fully saturated rings. The molecule has 0 saturated carbocycles. The number of hydrogen-bond acceptors (Lipinski definition) is 4. The van der Waals surface area contributed by atoms with Crippen LogP contribution < -0.4 is 4.74 Å². The van der Waals surface area contributed by atoms with E-state index in [1.54, 1.807) is 19.2 Å². The third-order valence-corrected chi connectivity index (χ3v) is 3.70. The molecule has 1 heterocycles. The van der Waals surface area contributed by atoms with Gasteiger partial charge in [0.15, 0.2) is 6.61 Å². The second-order valence-corrected chi connectivity index (χ2v) is 5.61. The van der Waals surface area contributed by atoms with Crippen LogP contribution in [0.1, 0.15) is 15.2 Å². The van der Waals surface area contributed by atoms with Crippen LogP contribution in [0.3, 0.4) is 0 Å². The first-order valence-electron chi connectivity index (χ1n) is 5.68. The van der Waals surface area contributed by atoms with Crippen LogP contribution in [-0.2, 0) is 11.3 Å². The van der Waals surface area contributed by atoms with Crippen molar-refractivity contribution in [1.29, 1.82) is 0 Å². The largest absolute Gasteiger partial charge is 0.485 e. The van der Waals surface area contributed by atoms with E-state index in [1.807, 2.05) is 24.3 Å². The van der Waals surface area contributed by atoms with E-state index in [0.29, 0.717) is 21.6 Å². The second kappa shape index (κ2) is 6.70. The van der Waals surface area contributed by atoms with Crippen molar-refractivity contribution in [2.45, 2.75) is 6.61 Å². The van der Waals surface area contributed by atoms with Crippen molar-refractivity contribution in [1.82, 2.24) is 0 Å². The van der Waals surface area contributed by atoms with Crippen molar-refractivity contribution in [3.63, 3.8) is 0 Å². The summed E-state index contributed by atoms with van der Waals surface area (Å²) in [6.45, 7) is 0.527. The SMILES string of the molecule is COCc1cccc(OCC(=O)c2ccc(Cl)s2)c1. The number of Topliss-reactive ketones (excluding diaryl/α,β-unsaturated/α-hetero) is 1. The molecule has 3 nitrogen and oxygen atoms in total. The van der Waals surface area contributed by atoms with Crippen molar-refractivity contribution < 1.29 is 14.3 Å². The fraction of sp³-hybridized carbons (Fsp3) is 0.214. The Morgan fingerprint density at radius 3 is 2.84 bits per heavy atom. The molecule has 0 amide bonds. The maximum absolute atomic E-state index is 11.8. The highest BCUT2D eigenvalue weighted by molar-refractivity contribution is 7.18. The summed E-state index contributed by atoms with van der Waals surface area (Å²) in [6, 6.07) is 10.9. The molecule has 5 heteroatoms. The van der Waals surface area contributed by atoms with Gasteiger partial charge < -0.3 is 9.47 Å². The first kappa shape index (κ1) is 14.1. The third kappa shape index (κ3) is 4.06. The molecule has 0 radical (unpaired) electrons. The van der Waals surface area contributed by atoms with Crippen LogP contribution in [0.15, 0.2) is 36.4 Å². The van der Waals surface area contributed by atoms with Gasteiger partial charge in [-0.15, -0.1) is 11.3 Å². The number of methoxy groups -OCH3 is 1. The Bertz CT molecular complexity index is 565. The molecule has 0 spiro atoms. The lowest BCUT2D eigenvalue weighted by Crippen LogP contribution is -2.10. The predicted octanol–water partition coefficient (Wildman–Crippen LogP) is 3.81. The molecule has 19 heavy (non-hydrogen) atoms. The molecule has 1 aromatic heterocycles. The van der Waals surface area contributed by atoms with Gasteiger partial charge in [-0.1, -0.05) is 23.7 Å². The van der Waals surface area contributed by atoms with Crippen molar-refractivity contribution in [3.8, 4) is 5.75 Å². The zero-order chi connectivity index (χ0) is 13.7. The second-order valence-electron chi connectivity index (χ2n) is 3.90. The summed E-state index contributed by atoms with van der Waals surface area (Å²) in [5.74, 6) is 0.583. The first-order valence-corrected chi connectivity index (χ1v) is 6.87. The van der Waals surface area contributed by atoms with Gasteiger partial charge in [-0.3, -0.25) is 4.79 Å². The van der Waals surface area contributed by atoms with E-state index in [1.165, 1.54) is 11.3 Å². The van der Waals surface area contributed by atoms with Crippen molar-refractivity contribution in [3.05, 3.63) is 51.2 Å². The average molecular weight is 297 g/mol. The summed E-state index contributed by atoms with van der Waals surface area (Å²) in [5, 5.41) is 0. The average Bonchev–Trinajstić information content (AvgIpc) is 2.84. The van der Waals surface area contributed by atoms with Crippen molar-refractivity contribution >= 4 is 28.7 Å². The molecule has 0 N–H and O–H groups in total. The summed E-state index contributed by atoms with van der Waals surface area (Å²) in [7, 11) is 1.64. The van der Waals surface area contributed by atoms with Gasteiger partial charge in [-0.25, -0.2) is 0 Å². The molecule has 100 valence electrons. The van der Waals surface area contributed by atoms with E-state index in [4.69, 9.17) is 21.1 Å². The molecule has 0 unspecified atom stereocenters. The summed E-state index contributed by atoms with van der Waals surface area (Å²) in [6.07, 6.45) is 0. The smallest absolute Gasteiger partial charge is 0.210 e. The fourth-order valence-corrected chi connectivity index (χ4v) is 2.54. The number of benzene rings is 1. The van der Waals surface area contributed by atoms with Crippen LogP contribution in [0.25, 0.3) is 0 Å². The lowest BCUT2D eigenvalue weighted by molar-refractivity contribution is 0.0925. The van der Waals surface area contributed by atoms with Crippen LogP contribution in [0.4, 0.5) is 0 Å². The number of ether oxygens (including phenoxy) is 2. The van der Waals surface area contributed by atoms with E-state index in [-0.39, 0.29) is 12.4 Å². The highest BCUT2D eigenvalue weighted by atomic mass is 35.5. The Morgan fingerprint density at radius 2 is 2.16 bits per heavy atom. The Labute approximate surface area is 120 Å². The standard InChI is InChI=1S/C14H13ClO3S/c1-17-8-10-3-2-4-11(7-10)18-9-12(16)13-5-6-14(15)19-13/h2-7H,8-9H2,1H3. The van der Waals surface area contributed by atoms with Gasteiger partial charge in [-0.2, -0.15) is 0 Å². The number of carbonyl (C=O) groups is 1. The van der Waals surface area contributed by atoms with Crippen molar-refractivity contribution in [2.24, 2.45) is 0 Å². The maximum atomic E-state index is 11.8. The molecule has 0 atom stereocenters. The van der Waals surface area contributed by atoms with Gasteiger partial charge in [0.1, 0.15) is 5.75 Å². The Morgan fingerprint density at radius 1 is 1.32 bits per heavy atom. The number of ketones is 1. The summed E-state index contributed by atoms with van der Waals surface area (Å²) in [4.78, 5) is 12.5. The number of carbonyl (C=O) groups excluding carboxylic acids is 1. The molecule has 2 rings (SSSR count). The summed E-state index contributed by atoms with van der Waals surface area (Å²) < 4.78 is 11.1. The van der Waals surface area contributed by atoms with Gasteiger partial charge in [0.2, 0.25) is 5.78 Å². The van der Waals surface area contributed by atoms with Gasteiger partial charge in [0.05, 0.1) is 15.8 Å². The number of rotatable bonds is 6. The van der Waals surface area contributed by atoms with Crippen LogP contribution in [0, 0.1) is 0 Å². The van der Waals surface area contributed by atoms with Gasteiger partial charge in [0.25, 0.3) is 0 Å². The lowest BCUT2D eigenvalue weighted by atomic mass is 10.2. The molecule has 0 aliphatic heterocycles. The van der Waals surface area contributed by atoms with E-state index >= 15 is 0 Å². The molecular formula is C14H13ClO3S. The molecule has 1 aromatic carbocycles. The van der Waals surface area contributed by atoms with Crippen LogP contribution >= 0.6 is 22.9 Å². The minimum absolute atomic E-state index is 0.00722. The predicted molar refractivity (Wildman–Crippen MR) is 76.3 cm³/mol. The zero-order valence-electron chi connectivity index (χ0n) is 10.4. The first-order chi connectivity index (χ1) is 9.19. The molecule has 0 aliphatic carbocycles. The highest BCUT2D eigenvalue weighted by Gasteiger charge is 2.09. The van der Waals surface area contributed by atoms with E-state index in [0.717, 1.165) is 5.56 Å². The minimum Gasteiger partial charge on any atom is -0.485 e. The van der Waals surface area contributed by atoms with Crippen LogP contribution in [-0.4, -0.2) is 19.5 Å². The summed E-state index contributed by atoms with van der Waals surface area (Å²) >= 11 is 7.05. The quantitative estimate of drug-likeness (QED) is 0.760. The van der Waals surface area contributed by atoms with Crippen LogP contribution in [0.2, 0.25) is 4.34 Å². The van der Waals surface area contributed by atoms with Crippen molar-refractivity contribution in [2.75, 3.05) is 13.7 Å². The lowest BCUT2D eigenvalue weighted by Gasteiger charge is -2.06. The zero-order valence-corrected chi connectivity index (χ0v) is 12.0. The maximum Gasteiger partial charge on any atom is 0.210 e. The van der Waals surface area contributed by atoms with Gasteiger partial charge in [-0.05, 0) is 29.8 Å². The normalized spacial score (nSPS) is 10.4. The molecule has 0 aliphatic rings. The molecule has 2 aromatic rings. The Hall–Kier alpha value is -1.36. The third-order valence-electron chi connectivity index (χ3n) is 2.43. The number of halogens is 1. The Kier molecular flexibility index (Phi) is 4.96. The monoisotopic (exact) mass is 296 g/mol. The topological polar surface area (TPSA) is 35.5 Å². The van der Waals surface area contributed by atoms with E-state index < -0.39 is 0 Å². The molecule has 0 bridgehead atoms. The highest BCUT2D eigenvalue weighted by Crippen LogP contribution is 2.22. The number of thiophene rings is 1. The minimum atomic E-state index is -0.0750. The summed E-state index contributed by atoms with van der Waals surface area (Å²) in [5.41, 5.74) is 1.01. The Balaban J connectivity index is 1.95. The fourth-order valence-electron chi connectivity index (χ4n) is 1.58. The van der Waals surface area contributed by atoms with Crippen LogP contribution in [0.5, 0.6) is 5.75 Å². The van der Waals surface area contributed by atoms with E-state index in [9.17, 15) is 4.79 Å². The van der Waals surface area contributed by atoms with E-state index in [2.05, 4.69) is 0 Å². The number of hydrogen-bond donors (Lipinski definition) is 0. The van der Waals surface area contributed by atoms with Gasteiger partial charge in [0, 0.05) is 7.11 Å². The van der Waals surface area contributed by atoms with Gasteiger partial charge >= 0.3 is 0 Å². The molecular weight excluding hydrogens is 284 g/mol.